The Hall–Kier alpha value is -1.87. The van der Waals surface area contributed by atoms with Crippen molar-refractivity contribution in [3.8, 4) is 5.75 Å². The molecule has 112 valence electrons. The van der Waals surface area contributed by atoms with Gasteiger partial charge in [-0.3, -0.25) is 4.98 Å². The van der Waals surface area contributed by atoms with Crippen molar-refractivity contribution in [3.05, 3.63) is 59.9 Å². The fourth-order valence-electron chi connectivity index (χ4n) is 2.21. The van der Waals surface area contributed by atoms with Gasteiger partial charge in [0.25, 0.3) is 0 Å². The van der Waals surface area contributed by atoms with Gasteiger partial charge in [-0.2, -0.15) is 0 Å². The summed E-state index contributed by atoms with van der Waals surface area (Å²) in [6, 6.07) is 13.5. The van der Waals surface area contributed by atoms with E-state index in [-0.39, 0.29) is 0 Å². The third-order valence-electron chi connectivity index (χ3n) is 3.44. The highest BCUT2D eigenvalue weighted by Crippen LogP contribution is 2.23. The Kier molecular flexibility index (Phi) is 6.22. The van der Waals surface area contributed by atoms with Crippen LogP contribution >= 0.6 is 0 Å². The van der Waals surface area contributed by atoms with Crippen LogP contribution in [0.4, 0.5) is 0 Å². The third-order valence-corrected chi connectivity index (χ3v) is 3.44. The minimum atomic E-state index is -0.407. The lowest BCUT2D eigenvalue weighted by Crippen LogP contribution is -2.00. The Bertz CT molecular complexity index is 528. The number of aliphatic hydroxyl groups excluding tert-OH is 1. The fourth-order valence-corrected chi connectivity index (χ4v) is 2.21. The lowest BCUT2D eigenvalue weighted by Gasteiger charge is -2.12. The van der Waals surface area contributed by atoms with E-state index < -0.39 is 6.10 Å². The molecule has 0 fully saturated rings. The average Bonchev–Trinajstić information content (AvgIpc) is 2.54. The van der Waals surface area contributed by atoms with E-state index in [1.54, 1.807) is 6.20 Å². The maximum absolute atomic E-state index is 10.2. The van der Waals surface area contributed by atoms with Crippen LogP contribution in [0.25, 0.3) is 0 Å². The molecular weight excluding hydrogens is 262 g/mol. The first-order valence-electron chi connectivity index (χ1n) is 7.60. The molecule has 0 radical (unpaired) electrons. The molecule has 2 aromatic rings. The molecule has 0 amide bonds. The van der Waals surface area contributed by atoms with Crippen LogP contribution in [0.5, 0.6) is 5.75 Å². The zero-order valence-corrected chi connectivity index (χ0v) is 12.5. The molecule has 0 spiro atoms. The summed E-state index contributed by atoms with van der Waals surface area (Å²) in [5.74, 6) is 0.771. The Labute approximate surface area is 126 Å². The van der Waals surface area contributed by atoms with E-state index in [1.807, 2.05) is 42.5 Å². The molecule has 0 saturated heterocycles. The van der Waals surface area contributed by atoms with Gasteiger partial charge < -0.3 is 9.84 Å². The monoisotopic (exact) mass is 285 g/mol. The number of ether oxygens (including phenoxy) is 1. The van der Waals surface area contributed by atoms with E-state index in [0.29, 0.717) is 6.61 Å². The Morgan fingerprint density at radius 1 is 1.14 bits per heavy atom. The van der Waals surface area contributed by atoms with Crippen molar-refractivity contribution in [3.63, 3.8) is 0 Å². The third kappa shape index (κ3) is 5.20. The molecular formula is C18H23NO2. The predicted molar refractivity (Wildman–Crippen MR) is 84.1 cm³/mol. The van der Waals surface area contributed by atoms with Crippen LogP contribution in [0.1, 0.15) is 50.0 Å². The van der Waals surface area contributed by atoms with E-state index >= 15 is 0 Å². The summed E-state index contributed by atoms with van der Waals surface area (Å²) in [5.41, 5.74) is 1.82. The van der Waals surface area contributed by atoms with E-state index in [4.69, 9.17) is 4.74 Å². The van der Waals surface area contributed by atoms with Crippen LogP contribution in [0.3, 0.4) is 0 Å². The number of hydrogen-bond donors (Lipinski definition) is 1. The Morgan fingerprint density at radius 2 is 2.05 bits per heavy atom. The van der Waals surface area contributed by atoms with Crippen LogP contribution in [0.2, 0.25) is 0 Å². The predicted octanol–water partition coefficient (Wildman–Crippen LogP) is 4.27. The number of benzene rings is 1. The highest BCUT2D eigenvalue weighted by atomic mass is 16.5. The van der Waals surface area contributed by atoms with Crippen LogP contribution in [-0.4, -0.2) is 10.1 Å². The normalized spacial score (nSPS) is 12.1. The van der Waals surface area contributed by atoms with Gasteiger partial charge in [0.2, 0.25) is 0 Å². The SMILES string of the molecule is CCCCC[C@@H](O)c1cccc(OCc2ccccn2)c1. The van der Waals surface area contributed by atoms with Crippen LogP contribution in [-0.2, 0) is 6.61 Å². The largest absolute Gasteiger partial charge is 0.487 e. The van der Waals surface area contributed by atoms with E-state index in [1.165, 1.54) is 6.42 Å². The van der Waals surface area contributed by atoms with Crippen LogP contribution in [0, 0.1) is 0 Å². The van der Waals surface area contributed by atoms with Gasteiger partial charge in [0.1, 0.15) is 12.4 Å². The molecule has 1 aromatic heterocycles. The second-order valence-corrected chi connectivity index (χ2v) is 5.19. The summed E-state index contributed by atoms with van der Waals surface area (Å²) >= 11 is 0. The molecule has 0 unspecified atom stereocenters. The van der Waals surface area contributed by atoms with Gasteiger partial charge in [-0.25, -0.2) is 0 Å². The molecule has 1 aromatic carbocycles. The van der Waals surface area contributed by atoms with Crippen molar-refractivity contribution in [2.45, 2.75) is 45.3 Å². The summed E-state index contributed by atoms with van der Waals surface area (Å²) < 4.78 is 5.73. The molecule has 0 aliphatic rings. The number of rotatable bonds is 8. The molecule has 0 aliphatic heterocycles. The van der Waals surface area contributed by atoms with Crippen molar-refractivity contribution in [2.24, 2.45) is 0 Å². The molecule has 3 heteroatoms. The first-order chi connectivity index (χ1) is 10.3. The molecule has 3 nitrogen and oxygen atoms in total. The van der Waals surface area contributed by atoms with Crippen LogP contribution < -0.4 is 4.74 Å². The molecule has 21 heavy (non-hydrogen) atoms. The maximum atomic E-state index is 10.2. The minimum absolute atomic E-state index is 0.407. The molecule has 1 N–H and O–H groups in total. The number of aliphatic hydroxyl groups is 1. The highest BCUT2D eigenvalue weighted by Gasteiger charge is 2.08. The van der Waals surface area contributed by atoms with Gasteiger partial charge in [0.15, 0.2) is 0 Å². The molecule has 2 rings (SSSR count). The van der Waals surface area contributed by atoms with Crippen molar-refractivity contribution in [1.82, 2.24) is 4.98 Å². The Balaban J connectivity index is 1.91. The number of hydrogen-bond acceptors (Lipinski definition) is 3. The molecule has 0 aliphatic carbocycles. The zero-order chi connectivity index (χ0) is 14.9. The minimum Gasteiger partial charge on any atom is -0.487 e. The topological polar surface area (TPSA) is 42.4 Å². The van der Waals surface area contributed by atoms with Gasteiger partial charge in [0.05, 0.1) is 11.8 Å². The molecule has 0 bridgehead atoms. The van der Waals surface area contributed by atoms with Gasteiger partial charge in [-0.05, 0) is 36.2 Å². The number of pyridine rings is 1. The Morgan fingerprint density at radius 3 is 2.81 bits per heavy atom. The molecule has 1 atom stereocenters. The van der Waals surface area contributed by atoms with Crippen LogP contribution in [0.15, 0.2) is 48.7 Å². The van der Waals surface area contributed by atoms with Crippen molar-refractivity contribution in [2.75, 3.05) is 0 Å². The number of aromatic nitrogens is 1. The number of unbranched alkanes of at least 4 members (excludes halogenated alkanes) is 2. The molecule has 0 saturated carbocycles. The van der Waals surface area contributed by atoms with Crippen molar-refractivity contribution >= 4 is 0 Å². The van der Waals surface area contributed by atoms with Crippen molar-refractivity contribution in [1.29, 1.82) is 0 Å². The van der Waals surface area contributed by atoms with Gasteiger partial charge in [0, 0.05) is 6.20 Å². The second-order valence-electron chi connectivity index (χ2n) is 5.19. The summed E-state index contributed by atoms with van der Waals surface area (Å²) in [5, 5.41) is 10.2. The fraction of sp³-hybridized carbons (Fsp3) is 0.389. The number of nitrogens with zero attached hydrogens (tertiary/aromatic N) is 1. The molecule has 1 heterocycles. The second kappa shape index (κ2) is 8.42. The van der Waals surface area contributed by atoms with Gasteiger partial charge in [-0.15, -0.1) is 0 Å². The summed E-state index contributed by atoms with van der Waals surface area (Å²) in [7, 11) is 0. The summed E-state index contributed by atoms with van der Waals surface area (Å²) in [4.78, 5) is 4.23. The summed E-state index contributed by atoms with van der Waals surface area (Å²) in [6.45, 7) is 2.61. The van der Waals surface area contributed by atoms with Gasteiger partial charge in [-0.1, -0.05) is 44.4 Å². The lowest BCUT2D eigenvalue weighted by atomic mass is 10.0. The first kappa shape index (κ1) is 15.5. The maximum Gasteiger partial charge on any atom is 0.130 e. The summed E-state index contributed by atoms with van der Waals surface area (Å²) in [6.07, 6.45) is 5.53. The zero-order valence-electron chi connectivity index (χ0n) is 12.5. The quantitative estimate of drug-likeness (QED) is 0.736. The van der Waals surface area contributed by atoms with E-state index in [9.17, 15) is 5.11 Å². The van der Waals surface area contributed by atoms with Gasteiger partial charge >= 0.3 is 0 Å². The average molecular weight is 285 g/mol. The lowest BCUT2D eigenvalue weighted by molar-refractivity contribution is 0.163. The van der Waals surface area contributed by atoms with Crippen molar-refractivity contribution < 1.29 is 9.84 Å². The highest BCUT2D eigenvalue weighted by molar-refractivity contribution is 5.30. The van der Waals surface area contributed by atoms with E-state index in [0.717, 1.165) is 36.3 Å². The standard InChI is InChI=1S/C18H23NO2/c1-2-3-4-11-18(20)15-8-7-10-17(13-15)21-14-16-9-5-6-12-19-16/h5-10,12-13,18,20H,2-4,11,14H2,1H3/t18-/m1/s1. The first-order valence-corrected chi connectivity index (χ1v) is 7.60. The smallest absolute Gasteiger partial charge is 0.130 e. The van der Waals surface area contributed by atoms with E-state index in [2.05, 4.69) is 11.9 Å².